The minimum absolute atomic E-state index is 0.0342. The van der Waals surface area contributed by atoms with Crippen molar-refractivity contribution in [2.75, 3.05) is 0 Å². The number of hydrogen-bond donors (Lipinski definition) is 1. The molecular weight excluding hydrogens is 504 g/mol. The van der Waals surface area contributed by atoms with Crippen LogP contribution in [-0.4, -0.2) is 23.6 Å². The van der Waals surface area contributed by atoms with Gasteiger partial charge in [-0.2, -0.15) is 0 Å². The summed E-state index contributed by atoms with van der Waals surface area (Å²) in [5.74, 6) is -1.02. The van der Waals surface area contributed by atoms with Crippen LogP contribution in [0.25, 0.3) is 11.1 Å². The zero-order valence-electron chi connectivity index (χ0n) is 20.7. The smallest absolute Gasteiger partial charge is 0.408 e. The van der Waals surface area contributed by atoms with Crippen molar-refractivity contribution < 1.29 is 23.5 Å². The lowest BCUT2D eigenvalue weighted by atomic mass is 9.94. The van der Waals surface area contributed by atoms with Crippen molar-refractivity contribution in [2.45, 2.75) is 52.4 Å². The molecule has 0 aromatic heterocycles. The average molecular weight is 532 g/mol. The molecule has 3 rings (SSSR count). The second-order valence-corrected chi connectivity index (χ2v) is 10.3. The minimum Gasteiger partial charge on any atom is -0.490 e. The van der Waals surface area contributed by atoms with E-state index in [2.05, 4.69) is 5.32 Å². The lowest BCUT2D eigenvalue weighted by molar-refractivity contribution is 0.0490. The maximum absolute atomic E-state index is 15.3. The summed E-state index contributed by atoms with van der Waals surface area (Å²) in [5, 5.41) is 3.07. The molecule has 1 N–H and O–H groups in total. The highest BCUT2D eigenvalue weighted by Crippen LogP contribution is 2.35. The number of hydrogen-bond acceptors (Lipinski definition) is 4. The number of carbonyl (C=O) groups is 2. The standard InChI is InChI=1S/C28H28Cl2FNO4/c1-16(2)35-24-15-19(17-9-7-6-8-10-17)23(31)14-20(24)26(33)25(32-27(34)36-28(3,4)5)18-11-12-21(29)22(30)13-18/h6-16,25H,1-5H3,(H,32,34). The van der Waals surface area contributed by atoms with Crippen LogP contribution in [0.2, 0.25) is 10.0 Å². The first-order valence-corrected chi connectivity index (χ1v) is 12.2. The Labute approximate surface area is 220 Å². The van der Waals surface area contributed by atoms with Gasteiger partial charge in [0.05, 0.1) is 21.7 Å². The molecule has 0 bridgehead atoms. The predicted molar refractivity (Wildman–Crippen MR) is 141 cm³/mol. The van der Waals surface area contributed by atoms with Crippen LogP contribution < -0.4 is 10.1 Å². The highest BCUT2D eigenvalue weighted by atomic mass is 35.5. The normalized spacial score (nSPS) is 12.2. The number of Topliss-reactive ketones (excluding diaryl/α,β-unsaturated/α-hetero) is 1. The van der Waals surface area contributed by atoms with E-state index < -0.39 is 29.3 Å². The van der Waals surface area contributed by atoms with E-state index in [4.69, 9.17) is 32.7 Å². The van der Waals surface area contributed by atoms with E-state index in [1.807, 2.05) is 6.07 Å². The first kappa shape index (κ1) is 27.5. The van der Waals surface area contributed by atoms with E-state index in [9.17, 15) is 9.59 Å². The van der Waals surface area contributed by atoms with Crippen molar-refractivity contribution >= 4 is 35.1 Å². The van der Waals surface area contributed by atoms with E-state index in [1.165, 1.54) is 18.2 Å². The first-order valence-electron chi connectivity index (χ1n) is 11.4. The summed E-state index contributed by atoms with van der Waals surface area (Å²) >= 11 is 12.2. The van der Waals surface area contributed by atoms with E-state index in [0.717, 1.165) is 6.07 Å². The Morgan fingerprint density at radius 2 is 1.61 bits per heavy atom. The summed E-state index contributed by atoms with van der Waals surface area (Å²) in [4.78, 5) is 26.5. The molecule has 0 saturated carbocycles. The van der Waals surface area contributed by atoms with Gasteiger partial charge in [0.25, 0.3) is 0 Å². The van der Waals surface area contributed by atoms with Crippen molar-refractivity contribution in [3.05, 3.63) is 87.7 Å². The topological polar surface area (TPSA) is 64.6 Å². The molecule has 1 amide bonds. The Hall–Kier alpha value is -3.09. The molecule has 1 unspecified atom stereocenters. The molecule has 0 aliphatic heterocycles. The van der Waals surface area contributed by atoms with Crippen LogP contribution in [0.3, 0.4) is 0 Å². The highest BCUT2D eigenvalue weighted by Gasteiger charge is 2.30. The number of ketones is 1. The fourth-order valence-electron chi connectivity index (χ4n) is 3.51. The van der Waals surface area contributed by atoms with E-state index >= 15 is 4.39 Å². The molecule has 1 atom stereocenters. The van der Waals surface area contributed by atoms with Gasteiger partial charge in [-0.3, -0.25) is 4.79 Å². The van der Waals surface area contributed by atoms with Crippen molar-refractivity contribution in [1.29, 1.82) is 0 Å². The third-order valence-electron chi connectivity index (χ3n) is 4.98. The molecule has 8 heteroatoms. The summed E-state index contributed by atoms with van der Waals surface area (Å²) < 4.78 is 26.6. The summed E-state index contributed by atoms with van der Waals surface area (Å²) in [6.45, 7) is 8.71. The van der Waals surface area contributed by atoms with Crippen molar-refractivity contribution in [2.24, 2.45) is 0 Å². The lowest BCUT2D eigenvalue weighted by Crippen LogP contribution is -2.38. The Bertz CT molecular complexity index is 1260. The average Bonchev–Trinajstić information content (AvgIpc) is 2.79. The molecule has 3 aromatic carbocycles. The van der Waals surface area contributed by atoms with Crippen LogP contribution >= 0.6 is 23.2 Å². The van der Waals surface area contributed by atoms with E-state index in [0.29, 0.717) is 11.1 Å². The van der Waals surface area contributed by atoms with Crippen LogP contribution in [0.5, 0.6) is 5.75 Å². The molecular formula is C28H28Cl2FNO4. The Morgan fingerprint density at radius 1 is 0.944 bits per heavy atom. The van der Waals surface area contributed by atoms with Gasteiger partial charge < -0.3 is 14.8 Å². The molecule has 0 saturated heterocycles. The van der Waals surface area contributed by atoms with Gasteiger partial charge in [0.2, 0.25) is 0 Å². The zero-order valence-corrected chi connectivity index (χ0v) is 22.2. The zero-order chi connectivity index (χ0) is 26.6. The van der Waals surface area contributed by atoms with Gasteiger partial charge >= 0.3 is 6.09 Å². The van der Waals surface area contributed by atoms with Gasteiger partial charge in [-0.1, -0.05) is 59.6 Å². The molecule has 0 fully saturated rings. The quantitative estimate of drug-likeness (QED) is 0.313. The maximum atomic E-state index is 15.3. The molecule has 0 spiro atoms. The van der Waals surface area contributed by atoms with E-state index in [1.54, 1.807) is 65.0 Å². The van der Waals surface area contributed by atoms with Crippen molar-refractivity contribution in [1.82, 2.24) is 5.32 Å². The Morgan fingerprint density at radius 3 is 2.19 bits per heavy atom. The molecule has 0 aliphatic carbocycles. The largest absolute Gasteiger partial charge is 0.490 e. The number of nitrogens with one attached hydrogen (secondary N) is 1. The third kappa shape index (κ3) is 6.99. The fraction of sp³-hybridized carbons (Fsp3) is 0.286. The summed E-state index contributed by atoms with van der Waals surface area (Å²) in [6, 6.07) is 14.9. The monoisotopic (exact) mass is 531 g/mol. The van der Waals surface area contributed by atoms with Crippen LogP contribution in [0.4, 0.5) is 9.18 Å². The second-order valence-electron chi connectivity index (χ2n) is 9.48. The predicted octanol–water partition coefficient (Wildman–Crippen LogP) is 8.04. The first-order chi connectivity index (χ1) is 16.9. The number of alkyl carbamates (subject to hydrolysis) is 1. The maximum Gasteiger partial charge on any atom is 0.408 e. The van der Waals surface area contributed by atoms with Crippen molar-refractivity contribution in [3.8, 4) is 16.9 Å². The molecule has 36 heavy (non-hydrogen) atoms. The number of amides is 1. The van der Waals surface area contributed by atoms with Gasteiger partial charge in [-0.25, -0.2) is 9.18 Å². The van der Waals surface area contributed by atoms with Gasteiger partial charge in [-0.05, 0) is 70.0 Å². The van der Waals surface area contributed by atoms with Crippen LogP contribution in [-0.2, 0) is 4.74 Å². The number of rotatable bonds is 7. The SMILES string of the molecule is CC(C)Oc1cc(-c2ccccc2)c(F)cc1C(=O)C(NC(=O)OC(C)(C)C)c1ccc(Cl)c(Cl)c1. The molecule has 0 aliphatic rings. The number of carbonyl (C=O) groups excluding carboxylic acids is 2. The van der Waals surface area contributed by atoms with E-state index in [-0.39, 0.29) is 33.0 Å². The second kappa shape index (κ2) is 11.3. The summed E-state index contributed by atoms with van der Waals surface area (Å²) in [6.07, 6.45) is -1.12. The summed E-state index contributed by atoms with van der Waals surface area (Å²) in [5.41, 5.74) is 0.436. The van der Waals surface area contributed by atoms with Crippen LogP contribution in [0.15, 0.2) is 60.7 Å². The number of ether oxygens (including phenoxy) is 2. The third-order valence-corrected chi connectivity index (χ3v) is 5.72. The molecule has 0 heterocycles. The minimum atomic E-state index is -1.24. The van der Waals surface area contributed by atoms with Gasteiger partial charge in [0, 0.05) is 5.56 Å². The fourth-order valence-corrected chi connectivity index (χ4v) is 3.82. The Kier molecular flexibility index (Phi) is 8.64. The Balaban J connectivity index is 2.12. The van der Waals surface area contributed by atoms with Crippen LogP contribution in [0, 0.1) is 5.82 Å². The summed E-state index contributed by atoms with van der Waals surface area (Å²) in [7, 11) is 0. The van der Waals surface area contributed by atoms with Crippen molar-refractivity contribution in [3.63, 3.8) is 0 Å². The highest BCUT2D eigenvalue weighted by molar-refractivity contribution is 6.42. The molecule has 190 valence electrons. The molecule has 5 nitrogen and oxygen atoms in total. The van der Waals surface area contributed by atoms with Gasteiger partial charge in [-0.15, -0.1) is 0 Å². The van der Waals surface area contributed by atoms with Crippen LogP contribution in [0.1, 0.15) is 56.6 Å². The lowest BCUT2D eigenvalue weighted by Gasteiger charge is -2.24. The number of halogens is 3. The van der Waals surface area contributed by atoms with Gasteiger partial charge in [0.1, 0.15) is 23.2 Å². The molecule has 0 radical (unpaired) electrons. The van der Waals surface area contributed by atoms with Gasteiger partial charge in [0.15, 0.2) is 5.78 Å². The molecule has 3 aromatic rings. The number of benzene rings is 3.